The van der Waals surface area contributed by atoms with Crippen LogP contribution in [0.15, 0.2) is 42.4 Å². The first-order valence-corrected chi connectivity index (χ1v) is 8.04. The molecule has 0 radical (unpaired) electrons. The Morgan fingerprint density at radius 2 is 2.21 bits per heavy atom. The number of nitrogens with one attached hydrogen (secondary N) is 1. The predicted molar refractivity (Wildman–Crippen MR) is 89.8 cm³/mol. The largest absolute Gasteiger partial charge is 0.497 e. The zero-order valence-corrected chi connectivity index (χ0v) is 14.0. The van der Waals surface area contributed by atoms with Gasteiger partial charge < -0.3 is 10.1 Å². The summed E-state index contributed by atoms with van der Waals surface area (Å²) in [6.45, 7) is 4.16. The Morgan fingerprint density at radius 3 is 3.00 bits per heavy atom. The maximum atomic E-state index is 12.9. The van der Waals surface area contributed by atoms with E-state index in [1.165, 1.54) is 6.33 Å². The van der Waals surface area contributed by atoms with Gasteiger partial charge in [0.15, 0.2) is 0 Å². The highest BCUT2D eigenvalue weighted by molar-refractivity contribution is 5.88. The van der Waals surface area contributed by atoms with Crippen molar-refractivity contribution >= 4 is 11.7 Å². The quantitative estimate of drug-likeness (QED) is 0.920. The van der Waals surface area contributed by atoms with E-state index in [2.05, 4.69) is 35.3 Å². The molecule has 0 saturated carbocycles. The molecule has 1 N–H and O–H groups in total. The monoisotopic (exact) mass is 324 g/mol. The van der Waals surface area contributed by atoms with Crippen molar-refractivity contribution in [3.63, 3.8) is 0 Å². The Kier molecular flexibility index (Phi) is 3.23. The van der Waals surface area contributed by atoms with Crippen LogP contribution in [0.3, 0.4) is 0 Å². The number of hydrogen-bond acceptors (Lipinski definition) is 5. The van der Waals surface area contributed by atoms with E-state index in [1.807, 2.05) is 24.3 Å². The second kappa shape index (κ2) is 5.19. The fourth-order valence-electron chi connectivity index (χ4n) is 3.73. The summed E-state index contributed by atoms with van der Waals surface area (Å²) in [6, 6.07) is 7.59. The molecule has 0 spiro atoms. The first-order valence-electron chi connectivity index (χ1n) is 8.04. The maximum absolute atomic E-state index is 12.9. The van der Waals surface area contributed by atoms with Crippen LogP contribution in [-0.4, -0.2) is 27.7 Å². The molecule has 124 valence electrons. The third kappa shape index (κ3) is 2.29. The molecule has 2 heterocycles. The number of hydrogen-bond donors (Lipinski definition) is 1. The van der Waals surface area contributed by atoms with Crippen molar-refractivity contribution in [1.29, 1.82) is 0 Å². The van der Waals surface area contributed by atoms with Crippen molar-refractivity contribution in [1.82, 2.24) is 14.8 Å². The van der Waals surface area contributed by atoms with Crippen molar-refractivity contribution < 1.29 is 9.53 Å². The standard InChI is InChI=1S/C18H20N4O2/c1-18(2)8-13-15(14(23)9-18)16(22-17(21-13)19-10-20-22)11-5-4-6-12(7-11)24-3/h4-8,10,15-16H,9H2,1-3H3,(H,19,20,21). The molecular weight excluding hydrogens is 304 g/mol. The maximum Gasteiger partial charge on any atom is 0.226 e. The fraction of sp³-hybridized carbons (Fsp3) is 0.389. The highest BCUT2D eigenvalue weighted by Crippen LogP contribution is 2.45. The molecule has 1 aromatic carbocycles. The lowest BCUT2D eigenvalue weighted by molar-refractivity contribution is -0.125. The third-order valence-electron chi connectivity index (χ3n) is 4.70. The molecule has 2 unspecified atom stereocenters. The topological polar surface area (TPSA) is 69.0 Å². The van der Waals surface area contributed by atoms with Crippen molar-refractivity contribution in [2.24, 2.45) is 11.3 Å². The number of ketones is 1. The number of rotatable bonds is 2. The van der Waals surface area contributed by atoms with Gasteiger partial charge in [0.1, 0.15) is 17.9 Å². The summed E-state index contributed by atoms with van der Waals surface area (Å²) >= 11 is 0. The van der Waals surface area contributed by atoms with Crippen molar-refractivity contribution in [3.8, 4) is 5.75 Å². The number of allylic oxidation sites excluding steroid dienone is 2. The van der Waals surface area contributed by atoms with Gasteiger partial charge in [-0.3, -0.25) is 4.79 Å². The fourth-order valence-corrected chi connectivity index (χ4v) is 3.73. The average Bonchev–Trinajstić information content (AvgIpc) is 2.99. The summed E-state index contributed by atoms with van der Waals surface area (Å²) in [5.41, 5.74) is 1.76. The minimum Gasteiger partial charge on any atom is -0.497 e. The molecule has 4 rings (SSSR count). The number of carbonyl (C=O) groups is 1. The molecule has 1 aromatic heterocycles. The average molecular weight is 324 g/mol. The van der Waals surface area contributed by atoms with E-state index < -0.39 is 0 Å². The van der Waals surface area contributed by atoms with Gasteiger partial charge in [0.25, 0.3) is 0 Å². The number of nitrogens with zero attached hydrogens (tertiary/aromatic N) is 3. The molecule has 6 heteroatoms. The molecule has 1 aliphatic heterocycles. The van der Waals surface area contributed by atoms with Gasteiger partial charge in [-0.05, 0) is 23.1 Å². The Bertz CT molecular complexity index is 837. The number of anilines is 1. The minimum absolute atomic E-state index is 0.156. The van der Waals surface area contributed by atoms with E-state index in [9.17, 15) is 4.79 Å². The highest BCUT2D eigenvalue weighted by atomic mass is 16.5. The van der Waals surface area contributed by atoms with Crippen LogP contribution >= 0.6 is 0 Å². The van der Waals surface area contributed by atoms with E-state index >= 15 is 0 Å². The number of carbonyl (C=O) groups excluding carboxylic acids is 1. The van der Waals surface area contributed by atoms with Crippen LogP contribution in [-0.2, 0) is 4.79 Å². The van der Waals surface area contributed by atoms with E-state index in [0.29, 0.717) is 12.4 Å². The summed E-state index contributed by atoms with van der Waals surface area (Å²) in [5.74, 6) is 1.37. The number of Topliss-reactive ketones (excluding diaryl/α,β-unsaturated/α-hetero) is 1. The van der Waals surface area contributed by atoms with Gasteiger partial charge in [-0.2, -0.15) is 10.1 Å². The van der Waals surface area contributed by atoms with Gasteiger partial charge in [0, 0.05) is 12.1 Å². The van der Waals surface area contributed by atoms with Gasteiger partial charge in [-0.1, -0.05) is 32.1 Å². The first kappa shape index (κ1) is 14.9. The molecule has 0 bridgehead atoms. The minimum atomic E-state index is -0.278. The lowest BCUT2D eigenvalue weighted by atomic mass is 9.72. The summed E-state index contributed by atoms with van der Waals surface area (Å²) in [5, 5.41) is 7.65. The van der Waals surface area contributed by atoms with Gasteiger partial charge in [0.2, 0.25) is 5.95 Å². The zero-order chi connectivity index (χ0) is 16.9. The Labute approximate surface area is 140 Å². The predicted octanol–water partition coefficient (Wildman–Crippen LogP) is 2.80. The Morgan fingerprint density at radius 1 is 1.38 bits per heavy atom. The van der Waals surface area contributed by atoms with E-state index in [-0.39, 0.29) is 23.2 Å². The molecule has 0 fully saturated rings. The number of aromatic nitrogens is 3. The SMILES string of the molecule is COc1cccc(C2C3C(=O)CC(C)(C)C=C3Nc3ncnn32)c1. The van der Waals surface area contributed by atoms with Gasteiger partial charge in [0.05, 0.1) is 19.1 Å². The first-order chi connectivity index (χ1) is 11.5. The van der Waals surface area contributed by atoms with Gasteiger partial charge in [-0.15, -0.1) is 0 Å². The number of fused-ring (bicyclic) bond motifs is 2. The van der Waals surface area contributed by atoms with Crippen LogP contribution < -0.4 is 10.1 Å². The van der Waals surface area contributed by atoms with Crippen LogP contribution in [0.25, 0.3) is 0 Å². The molecule has 2 aromatic rings. The normalized spacial score (nSPS) is 24.5. The Balaban J connectivity index is 1.89. The zero-order valence-electron chi connectivity index (χ0n) is 14.0. The Hall–Kier alpha value is -2.63. The molecule has 2 atom stereocenters. The second-order valence-electron chi connectivity index (χ2n) is 7.08. The van der Waals surface area contributed by atoms with Crippen LogP contribution in [0.1, 0.15) is 31.9 Å². The summed E-state index contributed by atoms with van der Waals surface area (Å²) < 4.78 is 7.15. The summed E-state index contributed by atoms with van der Waals surface area (Å²) in [4.78, 5) is 17.2. The van der Waals surface area contributed by atoms with Crippen molar-refractivity contribution in [2.45, 2.75) is 26.3 Å². The molecule has 1 aliphatic carbocycles. The van der Waals surface area contributed by atoms with Crippen molar-refractivity contribution in [2.75, 3.05) is 12.4 Å². The lowest BCUT2D eigenvalue weighted by Gasteiger charge is -2.40. The molecule has 2 aliphatic rings. The number of benzene rings is 1. The van der Waals surface area contributed by atoms with E-state index in [0.717, 1.165) is 17.0 Å². The van der Waals surface area contributed by atoms with E-state index in [1.54, 1.807) is 11.8 Å². The molecular formula is C18H20N4O2. The molecule has 6 nitrogen and oxygen atoms in total. The second-order valence-corrected chi connectivity index (χ2v) is 7.08. The van der Waals surface area contributed by atoms with Gasteiger partial charge >= 0.3 is 0 Å². The van der Waals surface area contributed by atoms with Crippen LogP contribution in [0.5, 0.6) is 5.75 Å². The summed E-state index contributed by atoms with van der Waals surface area (Å²) in [7, 11) is 1.64. The molecule has 24 heavy (non-hydrogen) atoms. The van der Waals surface area contributed by atoms with Crippen LogP contribution in [0, 0.1) is 11.3 Å². The molecule has 0 saturated heterocycles. The lowest BCUT2D eigenvalue weighted by Crippen LogP contribution is -2.42. The molecule has 0 amide bonds. The smallest absolute Gasteiger partial charge is 0.226 e. The number of ether oxygens (including phenoxy) is 1. The summed E-state index contributed by atoms with van der Waals surface area (Å²) in [6.07, 6.45) is 4.20. The highest BCUT2D eigenvalue weighted by Gasteiger charge is 2.44. The van der Waals surface area contributed by atoms with Crippen molar-refractivity contribution in [3.05, 3.63) is 47.9 Å². The van der Waals surface area contributed by atoms with E-state index in [4.69, 9.17) is 4.74 Å². The van der Waals surface area contributed by atoms with Gasteiger partial charge in [-0.25, -0.2) is 4.68 Å². The van der Waals surface area contributed by atoms with Crippen LogP contribution in [0.2, 0.25) is 0 Å². The number of methoxy groups -OCH3 is 1. The third-order valence-corrected chi connectivity index (χ3v) is 4.70. The van der Waals surface area contributed by atoms with Crippen LogP contribution in [0.4, 0.5) is 5.95 Å².